The van der Waals surface area contributed by atoms with E-state index in [1.165, 1.54) is 30.4 Å². The fourth-order valence-corrected chi connectivity index (χ4v) is 2.91. The zero-order valence-corrected chi connectivity index (χ0v) is 14.0. The smallest absolute Gasteiger partial charge is 0.188 e. The molecule has 0 saturated carbocycles. The highest BCUT2D eigenvalue weighted by molar-refractivity contribution is 5.77. The van der Waals surface area contributed by atoms with Crippen LogP contribution in [0.2, 0.25) is 0 Å². The summed E-state index contributed by atoms with van der Waals surface area (Å²) in [6, 6.07) is 9.17. The summed E-state index contributed by atoms with van der Waals surface area (Å²) in [4.78, 5) is 7.12. The molecule has 4 heteroatoms. The van der Waals surface area contributed by atoms with E-state index < -0.39 is 0 Å². The molecule has 4 nitrogen and oxygen atoms in total. The zero-order chi connectivity index (χ0) is 15.8. The molecule has 1 atom stereocenters. The van der Waals surface area contributed by atoms with Crippen LogP contribution in [0.15, 0.2) is 29.3 Å². The number of rotatable bonds is 7. The SMILES string of the molecule is CCCCNC(N)=NCC(c1ccc(C)cc1)N1CCCC1. The number of unbranched alkanes of at least 4 members (excludes halogenated alkanes) is 1. The quantitative estimate of drug-likeness (QED) is 0.462. The third kappa shape index (κ3) is 5.02. The number of benzene rings is 1. The first-order valence-corrected chi connectivity index (χ1v) is 8.55. The van der Waals surface area contributed by atoms with Crippen LogP contribution in [0.25, 0.3) is 0 Å². The first kappa shape index (κ1) is 16.8. The van der Waals surface area contributed by atoms with Gasteiger partial charge in [-0.25, -0.2) is 0 Å². The minimum absolute atomic E-state index is 0.342. The summed E-state index contributed by atoms with van der Waals surface area (Å²) in [5.41, 5.74) is 8.63. The lowest BCUT2D eigenvalue weighted by Gasteiger charge is -2.26. The number of nitrogens with zero attached hydrogens (tertiary/aromatic N) is 2. The second-order valence-electron chi connectivity index (χ2n) is 6.18. The summed E-state index contributed by atoms with van der Waals surface area (Å²) < 4.78 is 0. The van der Waals surface area contributed by atoms with Crippen molar-refractivity contribution in [2.75, 3.05) is 26.2 Å². The molecule has 0 radical (unpaired) electrons. The maximum atomic E-state index is 5.98. The molecule has 1 saturated heterocycles. The molecule has 0 aromatic heterocycles. The Morgan fingerprint density at radius 3 is 2.59 bits per heavy atom. The van der Waals surface area contributed by atoms with E-state index in [1.807, 2.05) is 0 Å². The van der Waals surface area contributed by atoms with Crippen molar-refractivity contribution < 1.29 is 0 Å². The highest BCUT2D eigenvalue weighted by Gasteiger charge is 2.23. The van der Waals surface area contributed by atoms with Crippen LogP contribution >= 0.6 is 0 Å². The van der Waals surface area contributed by atoms with Crippen LogP contribution in [0.4, 0.5) is 0 Å². The van der Waals surface area contributed by atoms with Crippen molar-refractivity contribution in [2.24, 2.45) is 10.7 Å². The average Bonchev–Trinajstić information content (AvgIpc) is 3.04. The summed E-state index contributed by atoms with van der Waals surface area (Å²) in [6.07, 6.45) is 4.87. The second-order valence-corrected chi connectivity index (χ2v) is 6.18. The number of aliphatic imine (C=N–C) groups is 1. The third-order valence-electron chi connectivity index (χ3n) is 4.31. The minimum atomic E-state index is 0.342. The molecule has 122 valence electrons. The van der Waals surface area contributed by atoms with Crippen molar-refractivity contribution in [1.82, 2.24) is 10.2 Å². The molecule has 0 aliphatic carbocycles. The maximum Gasteiger partial charge on any atom is 0.188 e. The Bertz CT molecular complexity index is 460. The highest BCUT2D eigenvalue weighted by Crippen LogP contribution is 2.25. The Morgan fingerprint density at radius 2 is 1.95 bits per heavy atom. The van der Waals surface area contributed by atoms with Crippen molar-refractivity contribution in [3.05, 3.63) is 35.4 Å². The molecule has 1 aromatic rings. The van der Waals surface area contributed by atoms with Crippen LogP contribution in [0.5, 0.6) is 0 Å². The van der Waals surface area contributed by atoms with Crippen LogP contribution in [-0.4, -0.2) is 37.0 Å². The molecule has 2 rings (SSSR count). The summed E-state index contributed by atoms with van der Waals surface area (Å²) in [5, 5.41) is 3.20. The molecule has 3 N–H and O–H groups in total. The van der Waals surface area contributed by atoms with Gasteiger partial charge in [-0.05, 0) is 44.8 Å². The highest BCUT2D eigenvalue weighted by atomic mass is 15.2. The third-order valence-corrected chi connectivity index (χ3v) is 4.31. The zero-order valence-electron chi connectivity index (χ0n) is 14.0. The molecule has 22 heavy (non-hydrogen) atoms. The van der Waals surface area contributed by atoms with E-state index in [0.29, 0.717) is 12.0 Å². The molecule has 1 heterocycles. The van der Waals surface area contributed by atoms with Gasteiger partial charge in [0.1, 0.15) is 0 Å². The molecule has 0 spiro atoms. The van der Waals surface area contributed by atoms with Crippen LogP contribution in [0.1, 0.15) is 49.8 Å². The van der Waals surface area contributed by atoms with Gasteiger partial charge < -0.3 is 11.1 Å². The Labute approximate surface area is 134 Å². The molecule has 0 amide bonds. The van der Waals surface area contributed by atoms with Crippen LogP contribution in [0.3, 0.4) is 0 Å². The Hall–Kier alpha value is -1.55. The number of hydrogen-bond donors (Lipinski definition) is 2. The van der Waals surface area contributed by atoms with E-state index in [2.05, 4.69) is 53.3 Å². The van der Waals surface area contributed by atoms with Crippen molar-refractivity contribution in [3.63, 3.8) is 0 Å². The van der Waals surface area contributed by atoms with Gasteiger partial charge in [0.2, 0.25) is 0 Å². The Morgan fingerprint density at radius 1 is 1.27 bits per heavy atom. The number of nitrogens with one attached hydrogen (secondary N) is 1. The van der Waals surface area contributed by atoms with E-state index in [1.54, 1.807) is 0 Å². The van der Waals surface area contributed by atoms with Gasteiger partial charge in [-0.2, -0.15) is 0 Å². The minimum Gasteiger partial charge on any atom is -0.370 e. The monoisotopic (exact) mass is 302 g/mol. The maximum absolute atomic E-state index is 5.98. The van der Waals surface area contributed by atoms with E-state index in [0.717, 1.165) is 32.6 Å². The van der Waals surface area contributed by atoms with E-state index >= 15 is 0 Å². The van der Waals surface area contributed by atoms with Gasteiger partial charge in [0, 0.05) is 6.54 Å². The first-order chi connectivity index (χ1) is 10.7. The van der Waals surface area contributed by atoms with E-state index in [4.69, 9.17) is 5.73 Å². The molecule has 1 aliphatic rings. The van der Waals surface area contributed by atoms with Gasteiger partial charge in [-0.1, -0.05) is 43.2 Å². The van der Waals surface area contributed by atoms with Gasteiger partial charge >= 0.3 is 0 Å². The lowest BCUT2D eigenvalue weighted by atomic mass is 10.0. The number of nitrogens with two attached hydrogens (primary N) is 1. The second kappa shape index (κ2) is 8.79. The first-order valence-electron chi connectivity index (χ1n) is 8.55. The fourth-order valence-electron chi connectivity index (χ4n) is 2.91. The summed E-state index contributed by atoms with van der Waals surface area (Å²) in [5.74, 6) is 0.574. The van der Waals surface area contributed by atoms with Crippen molar-refractivity contribution in [1.29, 1.82) is 0 Å². The Balaban J connectivity index is 2.01. The normalized spacial score (nSPS) is 17.6. The van der Waals surface area contributed by atoms with E-state index in [-0.39, 0.29) is 0 Å². The molecule has 1 unspecified atom stereocenters. The van der Waals surface area contributed by atoms with E-state index in [9.17, 15) is 0 Å². The lowest BCUT2D eigenvalue weighted by Crippen LogP contribution is -2.34. The van der Waals surface area contributed by atoms with Gasteiger partial charge in [0.25, 0.3) is 0 Å². The van der Waals surface area contributed by atoms with Crippen LogP contribution in [-0.2, 0) is 0 Å². The van der Waals surface area contributed by atoms with Crippen molar-refractivity contribution >= 4 is 5.96 Å². The number of aryl methyl sites for hydroxylation is 1. The summed E-state index contributed by atoms with van der Waals surface area (Å²) >= 11 is 0. The molecule has 0 bridgehead atoms. The standard InChI is InChI=1S/C18H30N4/c1-3-4-11-20-18(19)21-14-17(22-12-5-6-13-22)16-9-7-15(2)8-10-16/h7-10,17H,3-6,11-14H2,1-2H3,(H3,19,20,21). The van der Waals surface area contributed by atoms with Gasteiger partial charge in [-0.3, -0.25) is 9.89 Å². The number of guanidine groups is 1. The summed E-state index contributed by atoms with van der Waals surface area (Å²) in [6.45, 7) is 8.27. The fraction of sp³-hybridized carbons (Fsp3) is 0.611. The van der Waals surface area contributed by atoms with Crippen molar-refractivity contribution in [2.45, 2.75) is 45.6 Å². The number of hydrogen-bond acceptors (Lipinski definition) is 2. The molecular formula is C18H30N4. The predicted molar refractivity (Wildman–Crippen MR) is 94.1 cm³/mol. The van der Waals surface area contributed by atoms with Crippen LogP contribution < -0.4 is 11.1 Å². The summed E-state index contributed by atoms with van der Waals surface area (Å²) in [7, 11) is 0. The molecule has 1 fully saturated rings. The van der Waals surface area contributed by atoms with Gasteiger partial charge in [0.15, 0.2) is 5.96 Å². The number of likely N-dealkylation sites (tertiary alicyclic amines) is 1. The van der Waals surface area contributed by atoms with Gasteiger partial charge in [-0.15, -0.1) is 0 Å². The molecule has 1 aromatic carbocycles. The van der Waals surface area contributed by atoms with Crippen molar-refractivity contribution in [3.8, 4) is 0 Å². The van der Waals surface area contributed by atoms with Gasteiger partial charge in [0.05, 0.1) is 12.6 Å². The largest absolute Gasteiger partial charge is 0.370 e. The topological polar surface area (TPSA) is 53.6 Å². The average molecular weight is 302 g/mol. The van der Waals surface area contributed by atoms with Crippen LogP contribution in [0, 0.1) is 6.92 Å². The Kier molecular flexibility index (Phi) is 6.72. The lowest BCUT2D eigenvalue weighted by molar-refractivity contribution is 0.251. The predicted octanol–water partition coefficient (Wildman–Crippen LogP) is 2.84. The molecule has 1 aliphatic heterocycles. The molecular weight excluding hydrogens is 272 g/mol.